The largest absolute Gasteiger partial charge is 0.485 e. The Kier molecular flexibility index (Phi) is 4.32. The highest BCUT2D eigenvalue weighted by atomic mass is 35.5. The molecule has 0 unspecified atom stereocenters. The number of ether oxygens (including phenoxy) is 3. The van der Waals surface area contributed by atoms with Gasteiger partial charge in [-0.1, -0.05) is 48.0 Å². The van der Waals surface area contributed by atoms with Gasteiger partial charge in [0.05, 0.1) is 5.02 Å². The maximum atomic E-state index is 11.9. The highest BCUT2D eigenvalue weighted by Gasteiger charge is 2.36. The van der Waals surface area contributed by atoms with Crippen LogP contribution < -0.4 is 4.74 Å². The maximum Gasteiger partial charge on any atom is 0.342 e. The summed E-state index contributed by atoms with van der Waals surface area (Å²) in [6.07, 6.45) is -1.45. The fraction of sp³-hybridized carbons (Fsp3) is 0.235. The van der Waals surface area contributed by atoms with Crippen LogP contribution in [0.4, 0.5) is 0 Å². The molecule has 22 heavy (non-hydrogen) atoms. The van der Waals surface area contributed by atoms with Crippen molar-refractivity contribution in [1.29, 1.82) is 0 Å². The lowest BCUT2D eigenvalue weighted by Gasteiger charge is -2.12. The summed E-state index contributed by atoms with van der Waals surface area (Å²) in [6, 6.07) is 14.7. The summed E-state index contributed by atoms with van der Waals surface area (Å²) in [4.78, 5) is 11.9. The Morgan fingerprint density at radius 1 is 1.18 bits per heavy atom. The lowest BCUT2D eigenvalue weighted by molar-refractivity contribution is -0.145. The molecule has 0 amide bonds. The molecule has 3 rings (SSSR count). The highest BCUT2D eigenvalue weighted by molar-refractivity contribution is 6.32. The Hall–Kier alpha value is -2.04. The van der Waals surface area contributed by atoms with Crippen LogP contribution in [-0.2, 0) is 14.3 Å². The Morgan fingerprint density at radius 2 is 1.95 bits per heavy atom. The number of rotatable bonds is 4. The van der Waals surface area contributed by atoms with Gasteiger partial charge in [-0.25, -0.2) is 4.79 Å². The first-order chi connectivity index (χ1) is 10.6. The SMILES string of the molecule is Cc1ccc(OC[C@@H]2OC(=O)[C@H](c3ccccc3)O2)c(Cl)c1. The topological polar surface area (TPSA) is 44.8 Å². The monoisotopic (exact) mass is 318 g/mol. The van der Waals surface area contributed by atoms with Crippen LogP contribution in [0.25, 0.3) is 0 Å². The zero-order valence-corrected chi connectivity index (χ0v) is 12.7. The molecule has 1 saturated heterocycles. The summed E-state index contributed by atoms with van der Waals surface area (Å²) < 4.78 is 16.4. The lowest BCUT2D eigenvalue weighted by Crippen LogP contribution is -2.19. The molecule has 0 saturated carbocycles. The van der Waals surface area contributed by atoms with Gasteiger partial charge in [-0.2, -0.15) is 0 Å². The number of carbonyl (C=O) groups is 1. The Bertz CT molecular complexity index is 672. The second-order valence-corrected chi connectivity index (χ2v) is 5.45. The molecule has 2 aromatic rings. The van der Waals surface area contributed by atoms with E-state index in [0.717, 1.165) is 11.1 Å². The standard InChI is InChI=1S/C17H15ClO4/c1-11-7-8-14(13(18)9-11)20-10-15-21-16(17(19)22-15)12-5-3-2-4-6-12/h2-9,15-16H,10H2,1H3/t15-,16-/m0/s1. The van der Waals surface area contributed by atoms with Crippen LogP contribution in [-0.4, -0.2) is 18.9 Å². The van der Waals surface area contributed by atoms with Gasteiger partial charge in [-0.3, -0.25) is 0 Å². The van der Waals surface area contributed by atoms with Crippen LogP contribution in [0.5, 0.6) is 5.75 Å². The molecule has 5 heteroatoms. The second-order valence-electron chi connectivity index (χ2n) is 5.04. The molecular weight excluding hydrogens is 304 g/mol. The predicted molar refractivity (Wildman–Crippen MR) is 81.8 cm³/mol. The molecule has 0 aromatic heterocycles. The fourth-order valence-electron chi connectivity index (χ4n) is 2.22. The van der Waals surface area contributed by atoms with Crippen molar-refractivity contribution in [1.82, 2.24) is 0 Å². The van der Waals surface area contributed by atoms with Gasteiger partial charge in [0.1, 0.15) is 5.75 Å². The summed E-state index contributed by atoms with van der Waals surface area (Å²) in [5, 5.41) is 0.518. The average molecular weight is 319 g/mol. The summed E-state index contributed by atoms with van der Waals surface area (Å²) in [5.41, 5.74) is 1.81. The van der Waals surface area contributed by atoms with Crippen molar-refractivity contribution in [3.05, 3.63) is 64.7 Å². The molecule has 1 aliphatic heterocycles. The van der Waals surface area contributed by atoms with Gasteiger partial charge in [0.2, 0.25) is 6.29 Å². The number of esters is 1. The Labute approximate surface area is 133 Å². The third-order valence-corrected chi connectivity index (χ3v) is 3.61. The molecule has 0 aliphatic carbocycles. The Balaban J connectivity index is 1.62. The third-order valence-electron chi connectivity index (χ3n) is 3.31. The number of aryl methyl sites for hydroxylation is 1. The quantitative estimate of drug-likeness (QED) is 0.807. The van der Waals surface area contributed by atoms with Crippen molar-refractivity contribution >= 4 is 17.6 Å². The van der Waals surface area contributed by atoms with E-state index in [-0.39, 0.29) is 6.61 Å². The van der Waals surface area contributed by atoms with Crippen LogP contribution >= 0.6 is 11.6 Å². The molecule has 2 aromatic carbocycles. The highest BCUT2D eigenvalue weighted by Crippen LogP contribution is 2.29. The van der Waals surface area contributed by atoms with Crippen molar-refractivity contribution in [3.8, 4) is 5.75 Å². The lowest BCUT2D eigenvalue weighted by atomic mass is 10.1. The minimum absolute atomic E-state index is 0.0951. The third kappa shape index (κ3) is 3.24. The molecule has 1 heterocycles. The molecule has 0 bridgehead atoms. The van der Waals surface area contributed by atoms with Gasteiger partial charge in [0.15, 0.2) is 12.7 Å². The zero-order chi connectivity index (χ0) is 15.5. The van der Waals surface area contributed by atoms with Crippen LogP contribution in [0.2, 0.25) is 5.02 Å². The van der Waals surface area contributed by atoms with Crippen LogP contribution in [0.3, 0.4) is 0 Å². The van der Waals surface area contributed by atoms with E-state index in [1.165, 1.54) is 0 Å². The number of hydrogen-bond acceptors (Lipinski definition) is 4. The molecule has 1 aliphatic rings. The first-order valence-corrected chi connectivity index (χ1v) is 7.31. The van der Waals surface area contributed by atoms with Gasteiger partial charge in [-0.05, 0) is 30.2 Å². The van der Waals surface area contributed by atoms with Crippen LogP contribution in [0, 0.1) is 6.92 Å². The maximum absolute atomic E-state index is 11.9. The molecule has 114 valence electrons. The summed E-state index contributed by atoms with van der Waals surface area (Å²) in [7, 11) is 0. The Morgan fingerprint density at radius 3 is 2.68 bits per heavy atom. The number of cyclic esters (lactones) is 1. The van der Waals surface area contributed by atoms with Gasteiger partial charge >= 0.3 is 5.97 Å². The predicted octanol–water partition coefficient (Wildman–Crippen LogP) is 3.67. The zero-order valence-electron chi connectivity index (χ0n) is 12.0. The van der Waals surface area contributed by atoms with Gasteiger partial charge in [0, 0.05) is 0 Å². The number of hydrogen-bond donors (Lipinski definition) is 0. The number of halogens is 1. The minimum atomic E-state index is -0.741. The number of benzene rings is 2. The minimum Gasteiger partial charge on any atom is -0.485 e. The summed E-state index contributed by atoms with van der Waals surface area (Å²) >= 11 is 6.09. The summed E-state index contributed by atoms with van der Waals surface area (Å²) in [5.74, 6) is 0.130. The molecular formula is C17H15ClO4. The van der Waals surface area contributed by atoms with E-state index in [4.69, 9.17) is 25.8 Å². The van der Waals surface area contributed by atoms with E-state index in [0.29, 0.717) is 10.8 Å². The van der Waals surface area contributed by atoms with E-state index in [2.05, 4.69) is 0 Å². The fourth-order valence-corrected chi connectivity index (χ4v) is 2.51. The first kappa shape index (κ1) is 14.9. The molecule has 0 radical (unpaired) electrons. The van der Waals surface area contributed by atoms with Gasteiger partial charge in [-0.15, -0.1) is 0 Å². The van der Waals surface area contributed by atoms with E-state index >= 15 is 0 Å². The first-order valence-electron chi connectivity index (χ1n) is 6.93. The molecule has 1 fully saturated rings. The molecule has 0 N–H and O–H groups in total. The van der Waals surface area contributed by atoms with E-state index < -0.39 is 18.4 Å². The van der Waals surface area contributed by atoms with Crippen LogP contribution in [0.1, 0.15) is 17.2 Å². The smallest absolute Gasteiger partial charge is 0.342 e. The van der Waals surface area contributed by atoms with E-state index in [9.17, 15) is 4.79 Å². The van der Waals surface area contributed by atoms with Crippen molar-refractivity contribution in [2.24, 2.45) is 0 Å². The van der Waals surface area contributed by atoms with E-state index in [1.54, 1.807) is 6.07 Å². The van der Waals surface area contributed by atoms with Gasteiger partial charge in [0.25, 0.3) is 0 Å². The van der Waals surface area contributed by atoms with Crippen molar-refractivity contribution < 1.29 is 19.0 Å². The average Bonchev–Trinajstić information content (AvgIpc) is 2.88. The van der Waals surface area contributed by atoms with Gasteiger partial charge < -0.3 is 14.2 Å². The molecule has 2 atom stereocenters. The normalized spacial score (nSPS) is 20.7. The summed E-state index contributed by atoms with van der Waals surface area (Å²) in [6.45, 7) is 2.04. The van der Waals surface area contributed by atoms with Crippen molar-refractivity contribution in [2.75, 3.05) is 6.61 Å². The number of carbonyl (C=O) groups excluding carboxylic acids is 1. The van der Waals surface area contributed by atoms with E-state index in [1.807, 2.05) is 49.4 Å². The van der Waals surface area contributed by atoms with Crippen LogP contribution in [0.15, 0.2) is 48.5 Å². The molecule has 4 nitrogen and oxygen atoms in total. The molecule has 0 spiro atoms. The van der Waals surface area contributed by atoms with Crippen molar-refractivity contribution in [2.45, 2.75) is 19.3 Å². The second kappa shape index (κ2) is 6.38. The van der Waals surface area contributed by atoms with Crippen molar-refractivity contribution in [3.63, 3.8) is 0 Å².